The third kappa shape index (κ3) is 3.62. The molecule has 0 amide bonds. The third-order valence-electron chi connectivity index (χ3n) is 3.14. The summed E-state index contributed by atoms with van der Waals surface area (Å²) < 4.78 is 15.9. The van der Waals surface area contributed by atoms with Crippen molar-refractivity contribution in [2.24, 2.45) is 4.40 Å². The lowest BCUT2D eigenvalue weighted by molar-refractivity contribution is 0.474. The fraction of sp³-hybridized carbons (Fsp3) is 0.375. The van der Waals surface area contributed by atoms with Crippen molar-refractivity contribution in [2.75, 3.05) is 0 Å². The first-order chi connectivity index (χ1) is 10.2. The van der Waals surface area contributed by atoms with E-state index in [1.54, 1.807) is 18.5 Å². The first kappa shape index (κ1) is 16.8. The monoisotopic (exact) mass is 336 g/mol. The van der Waals surface area contributed by atoms with E-state index in [9.17, 15) is 9.32 Å². The van der Waals surface area contributed by atoms with Crippen molar-refractivity contribution in [3.05, 3.63) is 35.0 Å². The summed E-state index contributed by atoms with van der Waals surface area (Å²) in [6, 6.07) is 5.44. The molecule has 118 valence electrons. The van der Waals surface area contributed by atoms with Gasteiger partial charge in [0.25, 0.3) is 0 Å². The normalized spacial score (nSPS) is 14.1. The molecular weight excluding hydrogens is 316 g/mol. The highest BCUT2D eigenvalue weighted by molar-refractivity contribution is 7.85. The molecule has 2 rings (SSSR count). The van der Waals surface area contributed by atoms with Crippen LogP contribution >= 0.6 is 11.3 Å². The number of aryl methyl sites for hydroxylation is 1. The highest BCUT2D eigenvalue weighted by Gasteiger charge is 2.20. The third-order valence-corrected chi connectivity index (χ3v) is 5.60. The topological polar surface area (TPSA) is 62.5 Å². The number of hydrogen-bond donors (Lipinski definition) is 1. The van der Waals surface area contributed by atoms with Crippen molar-refractivity contribution in [1.82, 2.24) is 4.98 Å². The molecule has 0 spiro atoms. The Morgan fingerprint density at radius 1 is 1.36 bits per heavy atom. The fourth-order valence-electron chi connectivity index (χ4n) is 1.87. The van der Waals surface area contributed by atoms with Crippen molar-refractivity contribution in [3.63, 3.8) is 0 Å². The molecule has 0 aliphatic heterocycles. The number of benzene rings is 1. The predicted octanol–water partition coefficient (Wildman–Crippen LogP) is 4.10. The van der Waals surface area contributed by atoms with Gasteiger partial charge in [0.05, 0.1) is 26.5 Å². The van der Waals surface area contributed by atoms with Gasteiger partial charge < -0.3 is 5.11 Å². The van der Waals surface area contributed by atoms with Crippen molar-refractivity contribution in [1.29, 1.82) is 0 Å². The molecule has 1 N–H and O–H groups in total. The van der Waals surface area contributed by atoms with Crippen LogP contribution in [0.4, 0.5) is 0 Å². The van der Waals surface area contributed by atoms with E-state index in [4.69, 9.17) is 0 Å². The SMILES string of the molecule is C/C(=N\S(=O)C(C)(C)C)c1ccc(-c2scnc2C)cc1O. The molecular formula is C16H20N2O2S2. The quantitative estimate of drug-likeness (QED) is 0.859. The molecule has 0 saturated heterocycles. The van der Waals surface area contributed by atoms with Crippen molar-refractivity contribution in [3.8, 4) is 16.2 Å². The number of thiazole rings is 1. The number of hydrogen-bond acceptors (Lipinski definition) is 4. The second-order valence-electron chi connectivity index (χ2n) is 6.04. The number of rotatable bonds is 3. The molecule has 6 heteroatoms. The molecule has 1 unspecified atom stereocenters. The predicted molar refractivity (Wildman–Crippen MR) is 94.1 cm³/mol. The summed E-state index contributed by atoms with van der Waals surface area (Å²) in [5.74, 6) is 0.137. The van der Waals surface area contributed by atoms with E-state index in [1.807, 2.05) is 39.8 Å². The molecule has 22 heavy (non-hydrogen) atoms. The maximum atomic E-state index is 12.1. The fourth-order valence-corrected chi connectivity index (χ4v) is 3.29. The second-order valence-corrected chi connectivity index (χ2v) is 8.80. The lowest BCUT2D eigenvalue weighted by Crippen LogP contribution is -2.20. The minimum Gasteiger partial charge on any atom is -0.507 e. The Labute approximate surface area is 137 Å². The van der Waals surface area contributed by atoms with Crippen LogP contribution in [0.3, 0.4) is 0 Å². The van der Waals surface area contributed by atoms with Gasteiger partial charge in [0.15, 0.2) is 0 Å². The standard InChI is InChI=1S/C16H20N2O2S2/c1-10(18-22(20)16(3,4)5)13-7-6-12(8-14(13)19)15-11(2)17-9-21-15/h6-9,19H,1-5H3/b18-10+. The first-order valence-corrected chi connectivity index (χ1v) is 8.90. The second kappa shape index (κ2) is 6.30. The Hall–Kier alpha value is -1.53. The van der Waals surface area contributed by atoms with Gasteiger partial charge in [0.1, 0.15) is 16.7 Å². The zero-order valence-corrected chi connectivity index (χ0v) is 15.0. The molecule has 0 fully saturated rings. The summed E-state index contributed by atoms with van der Waals surface area (Å²) in [6.45, 7) is 9.31. The zero-order chi connectivity index (χ0) is 16.5. The Morgan fingerprint density at radius 2 is 2.05 bits per heavy atom. The van der Waals surface area contributed by atoms with E-state index in [0.717, 1.165) is 16.1 Å². The Kier molecular flexibility index (Phi) is 4.82. The van der Waals surface area contributed by atoms with E-state index < -0.39 is 15.7 Å². The van der Waals surface area contributed by atoms with Crippen LogP contribution in [0.5, 0.6) is 5.75 Å². The van der Waals surface area contributed by atoms with Gasteiger partial charge in [-0.2, -0.15) is 4.40 Å². The molecule has 0 aliphatic carbocycles. The first-order valence-electron chi connectivity index (χ1n) is 6.91. The summed E-state index contributed by atoms with van der Waals surface area (Å²) in [7, 11) is -1.35. The molecule has 0 saturated carbocycles. The molecule has 1 aromatic heterocycles. The highest BCUT2D eigenvalue weighted by atomic mass is 32.2. The van der Waals surface area contributed by atoms with E-state index in [-0.39, 0.29) is 5.75 Å². The van der Waals surface area contributed by atoms with Gasteiger partial charge in [-0.25, -0.2) is 9.19 Å². The molecule has 1 aromatic carbocycles. The molecule has 4 nitrogen and oxygen atoms in total. The van der Waals surface area contributed by atoms with Crippen molar-refractivity contribution in [2.45, 2.75) is 39.4 Å². The molecule has 0 radical (unpaired) electrons. The highest BCUT2D eigenvalue weighted by Crippen LogP contribution is 2.31. The van der Waals surface area contributed by atoms with Gasteiger partial charge in [-0.05, 0) is 52.3 Å². The smallest absolute Gasteiger partial charge is 0.145 e. The molecule has 2 aromatic rings. The maximum absolute atomic E-state index is 12.1. The average Bonchev–Trinajstić information content (AvgIpc) is 2.83. The molecule has 0 aliphatic rings. The average molecular weight is 336 g/mol. The molecule has 1 atom stereocenters. The van der Waals surface area contributed by atoms with Gasteiger partial charge in [0, 0.05) is 5.56 Å². The van der Waals surface area contributed by atoms with Gasteiger partial charge in [-0.15, -0.1) is 11.3 Å². The number of aromatic nitrogens is 1. The van der Waals surface area contributed by atoms with Crippen LogP contribution < -0.4 is 0 Å². The van der Waals surface area contributed by atoms with Crippen LogP contribution in [0.2, 0.25) is 0 Å². The summed E-state index contributed by atoms with van der Waals surface area (Å²) in [4.78, 5) is 5.26. The Morgan fingerprint density at radius 3 is 2.55 bits per heavy atom. The van der Waals surface area contributed by atoms with Crippen molar-refractivity contribution < 1.29 is 9.32 Å². The van der Waals surface area contributed by atoms with E-state index in [1.165, 1.54) is 11.3 Å². The summed E-state index contributed by atoms with van der Waals surface area (Å²) >= 11 is 1.54. The van der Waals surface area contributed by atoms with E-state index >= 15 is 0 Å². The minimum absolute atomic E-state index is 0.137. The van der Waals surface area contributed by atoms with Crippen molar-refractivity contribution >= 4 is 28.0 Å². The van der Waals surface area contributed by atoms with Crippen LogP contribution in [0.25, 0.3) is 10.4 Å². The minimum atomic E-state index is -1.35. The van der Waals surface area contributed by atoms with Crippen LogP contribution in [0, 0.1) is 6.92 Å². The summed E-state index contributed by atoms with van der Waals surface area (Å²) in [6.07, 6.45) is 0. The maximum Gasteiger partial charge on any atom is 0.145 e. The van der Waals surface area contributed by atoms with Crippen LogP contribution in [0.1, 0.15) is 39.0 Å². The number of phenols is 1. The van der Waals surface area contributed by atoms with E-state index in [2.05, 4.69) is 9.38 Å². The van der Waals surface area contributed by atoms with Crippen LogP contribution in [-0.2, 0) is 11.0 Å². The van der Waals surface area contributed by atoms with Gasteiger partial charge >= 0.3 is 0 Å². The number of nitrogens with zero attached hydrogens (tertiary/aromatic N) is 2. The zero-order valence-electron chi connectivity index (χ0n) is 13.4. The summed E-state index contributed by atoms with van der Waals surface area (Å²) in [5.41, 5.74) is 4.82. The Bertz CT molecular complexity index is 743. The summed E-state index contributed by atoms with van der Waals surface area (Å²) in [5, 5.41) is 10.3. The van der Waals surface area contributed by atoms with Crippen LogP contribution in [-0.4, -0.2) is 24.8 Å². The molecule has 0 bridgehead atoms. The van der Waals surface area contributed by atoms with Gasteiger partial charge in [0.2, 0.25) is 0 Å². The Balaban J connectivity index is 2.37. The largest absolute Gasteiger partial charge is 0.507 e. The van der Waals surface area contributed by atoms with E-state index in [0.29, 0.717) is 11.3 Å². The number of phenolic OH excluding ortho intramolecular Hbond substituents is 1. The number of aromatic hydroxyl groups is 1. The molecule has 1 heterocycles. The van der Waals surface area contributed by atoms with Gasteiger partial charge in [-0.3, -0.25) is 0 Å². The lowest BCUT2D eigenvalue weighted by Gasteiger charge is -2.14. The van der Waals surface area contributed by atoms with Crippen LogP contribution in [0.15, 0.2) is 28.1 Å². The van der Waals surface area contributed by atoms with Gasteiger partial charge in [-0.1, -0.05) is 6.07 Å². The lowest BCUT2D eigenvalue weighted by atomic mass is 10.1.